The number of benzene rings is 2. The molecule has 0 unspecified atom stereocenters. The first-order valence-corrected chi connectivity index (χ1v) is 12.0. The quantitative estimate of drug-likeness (QED) is 0.278. The van der Waals surface area contributed by atoms with Gasteiger partial charge in [-0.15, -0.1) is 0 Å². The maximum Gasteiger partial charge on any atom is 0.416 e. The summed E-state index contributed by atoms with van der Waals surface area (Å²) in [5.41, 5.74) is -1.60. The SMILES string of the molecule is Cc1ccc(-c2c3n(c(=O)c4cnccc24)CCCN(Cc2cc(C(F)(F)F)cc(C(F)(F)F)c2)C3=O)cc1. The van der Waals surface area contributed by atoms with Crippen molar-refractivity contribution in [1.29, 1.82) is 0 Å². The molecule has 0 radical (unpaired) electrons. The number of hydrogen-bond acceptors (Lipinski definition) is 3. The van der Waals surface area contributed by atoms with Gasteiger partial charge in [-0.1, -0.05) is 29.8 Å². The molecule has 11 heteroatoms. The molecule has 0 N–H and O–H groups in total. The molecule has 202 valence electrons. The Bertz CT molecular complexity index is 1610. The van der Waals surface area contributed by atoms with Crippen LogP contribution in [-0.2, 0) is 25.4 Å². The van der Waals surface area contributed by atoms with E-state index in [-0.39, 0.29) is 36.8 Å². The lowest BCUT2D eigenvalue weighted by Crippen LogP contribution is -2.33. The number of amides is 1. The van der Waals surface area contributed by atoms with Gasteiger partial charge in [0.25, 0.3) is 11.5 Å². The zero-order valence-corrected chi connectivity index (χ0v) is 20.5. The molecule has 1 aliphatic heterocycles. The van der Waals surface area contributed by atoms with Gasteiger partial charge in [-0.25, -0.2) is 0 Å². The summed E-state index contributed by atoms with van der Waals surface area (Å²) < 4.78 is 81.9. The van der Waals surface area contributed by atoms with Gasteiger partial charge in [0.15, 0.2) is 0 Å². The molecule has 0 atom stereocenters. The van der Waals surface area contributed by atoms with Crippen molar-refractivity contribution < 1.29 is 31.1 Å². The van der Waals surface area contributed by atoms with Gasteiger partial charge in [0.05, 0.1) is 16.5 Å². The first-order chi connectivity index (χ1) is 18.3. The lowest BCUT2D eigenvalue weighted by atomic mass is 9.96. The highest BCUT2D eigenvalue weighted by atomic mass is 19.4. The van der Waals surface area contributed by atoms with E-state index in [4.69, 9.17) is 0 Å². The molecule has 0 bridgehead atoms. The van der Waals surface area contributed by atoms with Crippen LogP contribution in [0.1, 0.15) is 39.2 Å². The van der Waals surface area contributed by atoms with Gasteiger partial charge in [0, 0.05) is 43.0 Å². The van der Waals surface area contributed by atoms with Gasteiger partial charge in [0.2, 0.25) is 0 Å². The Kier molecular flexibility index (Phi) is 6.48. The van der Waals surface area contributed by atoms with Crippen LogP contribution in [0.15, 0.2) is 65.7 Å². The molecule has 39 heavy (non-hydrogen) atoms. The third-order valence-corrected chi connectivity index (χ3v) is 6.73. The number of carbonyl (C=O) groups excluding carboxylic acids is 1. The number of aromatic nitrogens is 2. The van der Waals surface area contributed by atoms with E-state index in [9.17, 15) is 35.9 Å². The van der Waals surface area contributed by atoms with Crippen LogP contribution < -0.4 is 5.56 Å². The van der Waals surface area contributed by atoms with Gasteiger partial charge in [-0.05, 0) is 48.7 Å². The molecule has 5 nitrogen and oxygen atoms in total. The normalized spacial score (nSPS) is 14.4. The predicted molar refractivity (Wildman–Crippen MR) is 132 cm³/mol. The number of rotatable bonds is 3. The number of pyridine rings is 2. The summed E-state index contributed by atoms with van der Waals surface area (Å²) in [6.07, 6.45) is -6.86. The third kappa shape index (κ3) is 5.00. The molecular formula is C28H21F6N3O2. The molecule has 0 spiro atoms. The maximum absolute atomic E-state index is 14.0. The summed E-state index contributed by atoms with van der Waals surface area (Å²) in [4.78, 5) is 32.6. The van der Waals surface area contributed by atoms with E-state index in [1.165, 1.54) is 21.9 Å². The van der Waals surface area contributed by atoms with Crippen molar-refractivity contribution in [3.8, 4) is 11.1 Å². The summed E-state index contributed by atoms with van der Waals surface area (Å²) in [6, 6.07) is 10.2. The van der Waals surface area contributed by atoms with E-state index >= 15 is 0 Å². The van der Waals surface area contributed by atoms with Crippen LogP contribution >= 0.6 is 0 Å². The van der Waals surface area contributed by atoms with E-state index in [0.717, 1.165) is 5.56 Å². The highest BCUT2D eigenvalue weighted by Gasteiger charge is 2.37. The summed E-state index contributed by atoms with van der Waals surface area (Å²) in [5, 5.41) is 0.768. The van der Waals surface area contributed by atoms with Gasteiger partial charge in [0.1, 0.15) is 5.69 Å². The van der Waals surface area contributed by atoms with Crippen LogP contribution in [0.2, 0.25) is 0 Å². The van der Waals surface area contributed by atoms with Crippen LogP contribution in [0.4, 0.5) is 26.3 Å². The highest BCUT2D eigenvalue weighted by molar-refractivity contribution is 6.08. The van der Waals surface area contributed by atoms with E-state index in [1.54, 1.807) is 18.2 Å². The Balaban J connectivity index is 1.67. The fourth-order valence-corrected chi connectivity index (χ4v) is 4.89. The van der Waals surface area contributed by atoms with Gasteiger partial charge >= 0.3 is 12.4 Å². The lowest BCUT2D eigenvalue weighted by molar-refractivity contribution is -0.143. The van der Waals surface area contributed by atoms with E-state index < -0.39 is 41.5 Å². The molecule has 2 aromatic heterocycles. The average Bonchev–Trinajstić information content (AvgIpc) is 3.03. The molecule has 3 heterocycles. The molecule has 4 aromatic rings. The topological polar surface area (TPSA) is 55.2 Å². The molecule has 1 aliphatic rings. The van der Waals surface area contributed by atoms with Crippen molar-refractivity contribution in [2.24, 2.45) is 0 Å². The van der Waals surface area contributed by atoms with E-state index in [0.29, 0.717) is 34.0 Å². The van der Waals surface area contributed by atoms with Gasteiger partial charge in [-0.2, -0.15) is 26.3 Å². The van der Waals surface area contributed by atoms with Crippen LogP contribution in [-0.4, -0.2) is 26.9 Å². The smallest absolute Gasteiger partial charge is 0.333 e. The van der Waals surface area contributed by atoms with Gasteiger partial charge in [-0.3, -0.25) is 14.6 Å². The Hall–Kier alpha value is -4.15. The molecular weight excluding hydrogens is 524 g/mol. The second-order valence-electron chi connectivity index (χ2n) is 9.46. The Morgan fingerprint density at radius 3 is 2.10 bits per heavy atom. The molecule has 0 aliphatic carbocycles. The number of halogens is 6. The van der Waals surface area contributed by atoms with Crippen LogP contribution in [0.5, 0.6) is 0 Å². The second kappa shape index (κ2) is 9.55. The van der Waals surface area contributed by atoms with Crippen molar-refractivity contribution >= 4 is 16.7 Å². The molecule has 0 saturated carbocycles. The molecule has 0 saturated heterocycles. The number of hydrogen-bond donors (Lipinski definition) is 0. The standard InChI is InChI=1S/C28H21F6N3O2/c1-16-3-5-18(6-4-16)23-21-7-8-35-14-22(21)25(38)37-10-2-9-36(26(39)24(23)37)15-17-11-19(27(29,30)31)13-20(12-17)28(32,33)34/h3-8,11-14H,2,9-10,15H2,1H3. The monoisotopic (exact) mass is 545 g/mol. The van der Waals surface area contributed by atoms with Crippen molar-refractivity contribution in [2.45, 2.75) is 38.8 Å². The summed E-state index contributed by atoms with van der Waals surface area (Å²) >= 11 is 0. The number of fused-ring (bicyclic) bond motifs is 2. The minimum Gasteiger partial charge on any atom is -0.333 e. The zero-order valence-electron chi connectivity index (χ0n) is 20.5. The number of carbonyl (C=O) groups is 1. The fraction of sp³-hybridized carbons (Fsp3) is 0.250. The fourth-order valence-electron chi connectivity index (χ4n) is 4.89. The lowest BCUT2D eigenvalue weighted by Gasteiger charge is -2.24. The minimum absolute atomic E-state index is 0.0273. The van der Waals surface area contributed by atoms with Crippen molar-refractivity contribution in [3.63, 3.8) is 0 Å². The zero-order chi connectivity index (χ0) is 28.1. The van der Waals surface area contributed by atoms with Crippen molar-refractivity contribution in [3.05, 3.63) is 99.2 Å². The van der Waals surface area contributed by atoms with Crippen LogP contribution in [0, 0.1) is 6.92 Å². The molecule has 1 amide bonds. The van der Waals surface area contributed by atoms with Crippen molar-refractivity contribution in [2.75, 3.05) is 6.54 Å². The second-order valence-corrected chi connectivity index (χ2v) is 9.46. The largest absolute Gasteiger partial charge is 0.416 e. The number of alkyl halides is 6. The van der Waals surface area contributed by atoms with Gasteiger partial charge < -0.3 is 9.47 Å². The number of nitrogens with zero attached hydrogens (tertiary/aromatic N) is 3. The first-order valence-electron chi connectivity index (χ1n) is 12.0. The summed E-state index contributed by atoms with van der Waals surface area (Å²) in [5.74, 6) is -0.662. The average molecular weight is 545 g/mol. The van der Waals surface area contributed by atoms with Crippen molar-refractivity contribution in [1.82, 2.24) is 14.5 Å². The number of aryl methyl sites for hydroxylation is 1. The van der Waals surface area contributed by atoms with E-state index in [1.807, 2.05) is 19.1 Å². The van der Waals surface area contributed by atoms with Crippen LogP contribution in [0.25, 0.3) is 21.9 Å². The van der Waals surface area contributed by atoms with Crippen LogP contribution in [0.3, 0.4) is 0 Å². The summed E-state index contributed by atoms with van der Waals surface area (Å²) in [6.45, 7) is 1.55. The maximum atomic E-state index is 14.0. The predicted octanol–water partition coefficient (Wildman–Crippen LogP) is 6.46. The highest BCUT2D eigenvalue weighted by Crippen LogP contribution is 2.37. The molecule has 5 rings (SSSR count). The molecule has 0 fully saturated rings. The Morgan fingerprint density at radius 2 is 1.49 bits per heavy atom. The van der Waals surface area contributed by atoms with E-state index in [2.05, 4.69) is 4.98 Å². The minimum atomic E-state index is -5.01. The Morgan fingerprint density at radius 1 is 0.846 bits per heavy atom. The molecule has 2 aromatic carbocycles. The Labute approximate surface area is 218 Å². The first kappa shape index (κ1) is 26.5. The third-order valence-electron chi connectivity index (χ3n) is 6.73. The summed E-state index contributed by atoms with van der Waals surface area (Å²) in [7, 11) is 0.